The molecule has 5 aromatic rings. The Labute approximate surface area is 180 Å². The monoisotopic (exact) mass is 429 g/mol. The number of halogens is 1. The molecule has 3 aromatic carbocycles. The van der Waals surface area contributed by atoms with Gasteiger partial charge in [-0.1, -0.05) is 41.9 Å². The van der Waals surface area contributed by atoms with Gasteiger partial charge in [0.05, 0.1) is 39.6 Å². The van der Waals surface area contributed by atoms with Gasteiger partial charge in [0, 0.05) is 27.6 Å². The fraction of sp³-hybridized carbons (Fsp3) is 0. The van der Waals surface area contributed by atoms with E-state index in [4.69, 9.17) is 16.6 Å². The van der Waals surface area contributed by atoms with Gasteiger partial charge in [0.2, 0.25) is 0 Å². The average molecular weight is 430 g/mol. The first kappa shape index (κ1) is 18.8. The Bertz CT molecular complexity index is 1510. The number of aromatic nitrogens is 4. The Morgan fingerprint density at radius 3 is 2.58 bits per heavy atom. The van der Waals surface area contributed by atoms with Crippen LogP contribution in [-0.2, 0) is 0 Å². The molecule has 0 aliphatic carbocycles. The van der Waals surface area contributed by atoms with Gasteiger partial charge in [-0.05, 0) is 18.2 Å². The predicted octanol–water partition coefficient (Wildman–Crippen LogP) is 5.17. The molecular weight excluding hydrogens is 418 g/mol. The van der Waals surface area contributed by atoms with Gasteiger partial charge in [-0.15, -0.1) is 5.10 Å². The van der Waals surface area contributed by atoms with E-state index in [1.807, 2.05) is 6.07 Å². The van der Waals surface area contributed by atoms with E-state index < -0.39 is 4.92 Å². The van der Waals surface area contributed by atoms with E-state index in [-0.39, 0.29) is 17.0 Å². The standard InChI is InChI=1S/C22H12ClN5O3/c23-17-7-2-1-6-14(17)21-15-9-19(28(30)31)22-16(10-25-27-22)20(15)24-11-18(26-21)12-4-3-5-13(29)8-12/h1-11,29H. The normalized spacial score (nSPS) is 11.1. The second-order valence-electron chi connectivity index (χ2n) is 6.79. The minimum Gasteiger partial charge on any atom is -0.508 e. The number of hydrogen-bond donors (Lipinski definition) is 1. The molecule has 1 N–H and O–H groups in total. The number of nitro benzene ring substituents is 1. The summed E-state index contributed by atoms with van der Waals surface area (Å²) in [6.45, 7) is 0. The molecule has 0 fully saturated rings. The second kappa shape index (κ2) is 7.26. The Morgan fingerprint density at radius 2 is 1.81 bits per heavy atom. The molecule has 0 unspecified atom stereocenters. The summed E-state index contributed by atoms with van der Waals surface area (Å²) in [5.74, 6) is 0.0807. The predicted molar refractivity (Wildman–Crippen MR) is 117 cm³/mol. The van der Waals surface area contributed by atoms with Crippen molar-refractivity contribution >= 4 is 39.1 Å². The van der Waals surface area contributed by atoms with Gasteiger partial charge in [-0.25, -0.2) is 4.98 Å². The van der Waals surface area contributed by atoms with Crippen molar-refractivity contribution in [2.24, 2.45) is 0 Å². The van der Waals surface area contributed by atoms with Gasteiger partial charge in [0.1, 0.15) is 5.75 Å². The van der Waals surface area contributed by atoms with Crippen LogP contribution in [0.4, 0.5) is 5.69 Å². The topological polar surface area (TPSA) is 115 Å². The minimum absolute atomic E-state index is 0.0807. The lowest BCUT2D eigenvalue weighted by atomic mass is 10.0. The molecule has 8 nitrogen and oxygen atoms in total. The van der Waals surface area contributed by atoms with Crippen molar-refractivity contribution < 1.29 is 10.0 Å². The number of aromatic hydroxyl groups is 1. The Hall–Kier alpha value is -4.17. The number of rotatable bonds is 3. The van der Waals surface area contributed by atoms with Crippen molar-refractivity contribution in [1.29, 1.82) is 0 Å². The van der Waals surface area contributed by atoms with Crippen molar-refractivity contribution in [3.8, 4) is 28.3 Å². The molecule has 0 amide bonds. The second-order valence-corrected chi connectivity index (χ2v) is 7.20. The highest BCUT2D eigenvalue weighted by atomic mass is 35.5. The first-order valence-electron chi connectivity index (χ1n) is 9.17. The number of nitro groups is 1. The molecule has 0 saturated heterocycles. The lowest BCUT2D eigenvalue weighted by Crippen LogP contribution is -1.92. The minimum atomic E-state index is -0.504. The molecule has 5 rings (SSSR count). The third-order valence-electron chi connectivity index (χ3n) is 4.90. The van der Waals surface area contributed by atoms with Crippen LogP contribution >= 0.6 is 11.6 Å². The molecular formula is C22H12ClN5O3. The number of phenolic OH excluding ortho intramolecular Hbond substituents is 1. The maximum absolute atomic E-state index is 11.7. The fourth-order valence-corrected chi connectivity index (χ4v) is 3.72. The van der Waals surface area contributed by atoms with Crippen LogP contribution in [0, 0.1) is 10.1 Å². The molecule has 150 valence electrons. The van der Waals surface area contributed by atoms with Crippen LogP contribution in [-0.4, -0.2) is 30.2 Å². The molecule has 0 aliphatic heterocycles. The number of hydrogen-bond acceptors (Lipinski definition) is 7. The molecule has 0 aliphatic rings. The van der Waals surface area contributed by atoms with E-state index in [0.717, 1.165) is 0 Å². The van der Waals surface area contributed by atoms with Gasteiger partial charge < -0.3 is 5.11 Å². The van der Waals surface area contributed by atoms with E-state index in [9.17, 15) is 15.2 Å². The number of non-ortho nitro benzene ring substituents is 1. The van der Waals surface area contributed by atoms with Crippen LogP contribution in [0.25, 0.3) is 44.3 Å². The molecule has 31 heavy (non-hydrogen) atoms. The molecule has 0 radical (unpaired) electrons. The molecule has 0 spiro atoms. The van der Waals surface area contributed by atoms with E-state index in [1.54, 1.807) is 48.7 Å². The zero-order chi connectivity index (χ0) is 21.5. The SMILES string of the molecule is O=[N+]([O-])c1cc2c(-c3ccccc3Cl)nc(-c3cccc(O)c3)cnc2c2cnnc12. The fourth-order valence-electron chi connectivity index (χ4n) is 3.50. The van der Waals surface area contributed by atoms with E-state index in [2.05, 4.69) is 15.2 Å². The molecule has 0 atom stereocenters. The molecule has 2 heterocycles. The summed E-state index contributed by atoms with van der Waals surface area (Å²) in [5.41, 5.74) is 2.52. The largest absolute Gasteiger partial charge is 0.508 e. The molecule has 0 saturated carbocycles. The first-order chi connectivity index (χ1) is 15.0. The Morgan fingerprint density at radius 1 is 0.968 bits per heavy atom. The van der Waals surface area contributed by atoms with Gasteiger partial charge in [0.25, 0.3) is 5.69 Å². The van der Waals surface area contributed by atoms with Crippen LogP contribution < -0.4 is 0 Å². The highest BCUT2D eigenvalue weighted by molar-refractivity contribution is 6.33. The average Bonchev–Trinajstić information content (AvgIpc) is 3.16. The zero-order valence-corrected chi connectivity index (χ0v) is 16.5. The van der Waals surface area contributed by atoms with Crippen molar-refractivity contribution in [3.63, 3.8) is 0 Å². The Balaban J connectivity index is 1.97. The highest BCUT2D eigenvalue weighted by Gasteiger charge is 2.22. The number of nitrogens with zero attached hydrogens (tertiary/aromatic N) is 5. The van der Waals surface area contributed by atoms with E-state index in [1.165, 1.54) is 12.3 Å². The van der Waals surface area contributed by atoms with Crippen LogP contribution in [0.1, 0.15) is 0 Å². The third kappa shape index (κ3) is 3.19. The number of benzene rings is 3. The Kier molecular flexibility index (Phi) is 4.41. The van der Waals surface area contributed by atoms with Crippen molar-refractivity contribution in [1.82, 2.24) is 20.2 Å². The molecule has 0 bridgehead atoms. The van der Waals surface area contributed by atoms with E-state index in [0.29, 0.717) is 43.8 Å². The summed E-state index contributed by atoms with van der Waals surface area (Å²) in [4.78, 5) is 20.6. The van der Waals surface area contributed by atoms with E-state index >= 15 is 0 Å². The highest BCUT2D eigenvalue weighted by Crippen LogP contribution is 2.38. The lowest BCUT2D eigenvalue weighted by molar-refractivity contribution is -0.383. The van der Waals surface area contributed by atoms with Crippen molar-refractivity contribution in [2.45, 2.75) is 0 Å². The van der Waals surface area contributed by atoms with Gasteiger partial charge in [0.15, 0.2) is 5.52 Å². The summed E-state index contributed by atoms with van der Waals surface area (Å²) >= 11 is 6.47. The summed E-state index contributed by atoms with van der Waals surface area (Å²) in [5, 5.41) is 30.7. The van der Waals surface area contributed by atoms with Crippen LogP contribution in [0.3, 0.4) is 0 Å². The van der Waals surface area contributed by atoms with Crippen LogP contribution in [0.2, 0.25) is 5.02 Å². The van der Waals surface area contributed by atoms with Gasteiger partial charge >= 0.3 is 0 Å². The quantitative estimate of drug-likeness (QED) is 0.310. The maximum Gasteiger partial charge on any atom is 0.298 e. The van der Waals surface area contributed by atoms with Gasteiger partial charge in [-0.2, -0.15) is 5.10 Å². The summed E-state index contributed by atoms with van der Waals surface area (Å²) in [6, 6.07) is 15.1. The maximum atomic E-state index is 11.7. The molecule has 2 aromatic heterocycles. The van der Waals surface area contributed by atoms with Crippen molar-refractivity contribution in [2.75, 3.05) is 0 Å². The molecule has 9 heteroatoms. The summed E-state index contributed by atoms with van der Waals surface area (Å²) in [6.07, 6.45) is 3.00. The lowest BCUT2D eigenvalue weighted by Gasteiger charge is -2.06. The zero-order valence-electron chi connectivity index (χ0n) is 15.7. The number of fused-ring (bicyclic) bond motifs is 3. The first-order valence-corrected chi connectivity index (χ1v) is 9.54. The third-order valence-corrected chi connectivity index (χ3v) is 5.23. The summed E-state index contributed by atoms with van der Waals surface area (Å²) in [7, 11) is 0. The van der Waals surface area contributed by atoms with Crippen LogP contribution in [0.15, 0.2) is 67.0 Å². The number of phenols is 1. The smallest absolute Gasteiger partial charge is 0.298 e. The van der Waals surface area contributed by atoms with Gasteiger partial charge in [-0.3, -0.25) is 15.1 Å². The van der Waals surface area contributed by atoms with Crippen LogP contribution in [0.5, 0.6) is 5.75 Å². The van der Waals surface area contributed by atoms with Crippen molar-refractivity contribution in [3.05, 3.63) is 82.1 Å². The summed E-state index contributed by atoms with van der Waals surface area (Å²) < 4.78 is 0.